The highest BCUT2D eigenvalue weighted by atomic mass is 15.1. The van der Waals surface area contributed by atoms with Gasteiger partial charge in [-0.3, -0.25) is 0 Å². The number of hydrogen-bond donors (Lipinski definition) is 1. The Hall–Kier alpha value is -1.12. The fraction of sp³-hybridized carbons (Fsp3) is 0.600. The molecular weight excluding hydrogens is 162 g/mol. The Labute approximate surface area is 79.6 Å². The van der Waals surface area contributed by atoms with E-state index >= 15 is 0 Å². The molecule has 3 heteroatoms. The van der Waals surface area contributed by atoms with E-state index in [1.54, 1.807) is 12.4 Å². The number of nitrogens with zero attached hydrogens (tertiary/aromatic N) is 2. The number of anilines is 1. The van der Waals surface area contributed by atoms with Gasteiger partial charge in [0.2, 0.25) is 5.95 Å². The van der Waals surface area contributed by atoms with Crippen LogP contribution in [0.3, 0.4) is 0 Å². The minimum Gasteiger partial charge on any atom is -0.354 e. The van der Waals surface area contributed by atoms with Gasteiger partial charge in [0.25, 0.3) is 0 Å². The number of nitrogens with one attached hydrogen (secondary N) is 1. The molecule has 0 fully saturated rings. The molecule has 0 bridgehead atoms. The second kappa shape index (κ2) is 6.40. The Morgan fingerprint density at radius 3 is 2.62 bits per heavy atom. The Kier molecular flexibility index (Phi) is 4.91. The molecule has 0 saturated carbocycles. The lowest BCUT2D eigenvalue weighted by molar-refractivity contribution is 0.683. The molecule has 1 rings (SSSR count). The third kappa shape index (κ3) is 4.45. The van der Waals surface area contributed by atoms with Crippen LogP contribution >= 0.6 is 0 Å². The molecule has 0 saturated heterocycles. The second-order valence-electron chi connectivity index (χ2n) is 3.06. The molecule has 1 heterocycles. The fourth-order valence-corrected chi connectivity index (χ4v) is 1.14. The van der Waals surface area contributed by atoms with E-state index in [2.05, 4.69) is 22.2 Å². The van der Waals surface area contributed by atoms with Crippen molar-refractivity contribution in [2.45, 2.75) is 32.6 Å². The van der Waals surface area contributed by atoms with Crippen LogP contribution in [0.15, 0.2) is 18.5 Å². The van der Waals surface area contributed by atoms with Gasteiger partial charge in [0.1, 0.15) is 0 Å². The maximum Gasteiger partial charge on any atom is 0.222 e. The minimum absolute atomic E-state index is 0.735. The summed E-state index contributed by atoms with van der Waals surface area (Å²) in [4.78, 5) is 8.15. The predicted octanol–water partition coefficient (Wildman–Crippen LogP) is 2.47. The van der Waals surface area contributed by atoms with Crippen molar-refractivity contribution in [2.75, 3.05) is 11.9 Å². The normalized spacial score (nSPS) is 9.92. The van der Waals surface area contributed by atoms with Crippen LogP contribution in [0, 0.1) is 0 Å². The van der Waals surface area contributed by atoms with Gasteiger partial charge in [-0.05, 0) is 12.5 Å². The average molecular weight is 179 g/mol. The molecule has 0 amide bonds. The first-order chi connectivity index (χ1) is 6.43. The zero-order valence-corrected chi connectivity index (χ0v) is 8.16. The highest BCUT2D eigenvalue weighted by Crippen LogP contribution is 2.00. The highest BCUT2D eigenvalue weighted by Gasteiger charge is 1.91. The molecule has 0 aromatic carbocycles. The summed E-state index contributed by atoms with van der Waals surface area (Å²) >= 11 is 0. The quantitative estimate of drug-likeness (QED) is 0.682. The van der Waals surface area contributed by atoms with Crippen LogP contribution < -0.4 is 5.32 Å². The van der Waals surface area contributed by atoms with Gasteiger partial charge in [-0.15, -0.1) is 0 Å². The molecule has 13 heavy (non-hydrogen) atoms. The molecule has 0 aliphatic heterocycles. The Bertz CT molecular complexity index is 211. The predicted molar refractivity (Wildman–Crippen MR) is 54.7 cm³/mol. The van der Waals surface area contributed by atoms with Crippen LogP contribution in [0.25, 0.3) is 0 Å². The lowest BCUT2D eigenvalue weighted by atomic mass is 10.2. The summed E-state index contributed by atoms with van der Waals surface area (Å²) < 4.78 is 0. The first-order valence-corrected chi connectivity index (χ1v) is 4.94. The molecule has 3 nitrogen and oxygen atoms in total. The number of hydrogen-bond acceptors (Lipinski definition) is 3. The van der Waals surface area contributed by atoms with Gasteiger partial charge in [-0.25, -0.2) is 9.97 Å². The van der Waals surface area contributed by atoms with Gasteiger partial charge in [-0.1, -0.05) is 26.2 Å². The van der Waals surface area contributed by atoms with Gasteiger partial charge in [-0.2, -0.15) is 0 Å². The molecule has 1 N–H and O–H groups in total. The minimum atomic E-state index is 0.735. The van der Waals surface area contributed by atoms with Crippen LogP contribution in [-0.2, 0) is 0 Å². The van der Waals surface area contributed by atoms with Crippen LogP contribution in [0.2, 0.25) is 0 Å². The SMILES string of the molecule is CCCCCCNc1ncccn1. The van der Waals surface area contributed by atoms with Gasteiger partial charge in [0.15, 0.2) is 0 Å². The summed E-state index contributed by atoms with van der Waals surface area (Å²) in [5.74, 6) is 0.735. The van der Waals surface area contributed by atoms with Crippen molar-refractivity contribution in [1.29, 1.82) is 0 Å². The molecule has 0 radical (unpaired) electrons. The van der Waals surface area contributed by atoms with Crippen LogP contribution in [-0.4, -0.2) is 16.5 Å². The van der Waals surface area contributed by atoms with Gasteiger partial charge < -0.3 is 5.32 Å². The monoisotopic (exact) mass is 179 g/mol. The van der Waals surface area contributed by atoms with Gasteiger partial charge in [0, 0.05) is 18.9 Å². The van der Waals surface area contributed by atoms with E-state index in [1.165, 1.54) is 25.7 Å². The molecule has 0 aliphatic carbocycles. The van der Waals surface area contributed by atoms with Crippen molar-refractivity contribution in [1.82, 2.24) is 9.97 Å². The third-order valence-corrected chi connectivity index (χ3v) is 1.88. The Morgan fingerprint density at radius 1 is 1.15 bits per heavy atom. The molecule has 0 unspecified atom stereocenters. The summed E-state index contributed by atoms with van der Waals surface area (Å²) in [5, 5.41) is 3.18. The Morgan fingerprint density at radius 2 is 1.92 bits per heavy atom. The van der Waals surface area contributed by atoms with E-state index in [9.17, 15) is 0 Å². The van der Waals surface area contributed by atoms with Crippen LogP contribution in [0.1, 0.15) is 32.6 Å². The fourth-order valence-electron chi connectivity index (χ4n) is 1.14. The molecular formula is C10H17N3. The first kappa shape index (κ1) is 9.96. The van der Waals surface area contributed by atoms with E-state index in [-0.39, 0.29) is 0 Å². The zero-order chi connectivity index (χ0) is 9.36. The summed E-state index contributed by atoms with van der Waals surface area (Å²) in [6.07, 6.45) is 8.59. The molecule has 1 aromatic heterocycles. The van der Waals surface area contributed by atoms with Crippen molar-refractivity contribution in [3.63, 3.8) is 0 Å². The molecule has 72 valence electrons. The van der Waals surface area contributed by atoms with E-state index in [0.29, 0.717) is 0 Å². The van der Waals surface area contributed by atoms with E-state index in [4.69, 9.17) is 0 Å². The smallest absolute Gasteiger partial charge is 0.222 e. The summed E-state index contributed by atoms with van der Waals surface area (Å²) in [5.41, 5.74) is 0. The maximum atomic E-state index is 4.07. The molecule has 0 aliphatic rings. The van der Waals surface area contributed by atoms with Crippen molar-refractivity contribution >= 4 is 5.95 Å². The van der Waals surface area contributed by atoms with Crippen molar-refractivity contribution < 1.29 is 0 Å². The van der Waals surface area contributed by atoms with E-state index in [1.807, 2.05) is 6.07 Å². The standard InChI is InChI=1S/C10H17N3/c1-2-3-4-5-7-11-10-12-8-6-9-13-10/h6,8-9H,2-5,7H2,1H3,(H,11,12,13). The van der Waals surface area contributed by atoms with Crippen LogP contribution in [0.5, 0.6) is 0 Å². The summed E-state index contributed by atoms with van der Waals surface area (Å²) in [6.45, 7) is 3.19. The number of rotatable bonds is 6. The van der Waals surface area contributed by atoms with Crippen LogP contribution in [0.4, 0.5) is 5.95 Å². The topological polar surface area (TPSA) is 37.8 Å². The van der Waals surface area contributed by atoms with Gasteiger partial charge >= 0.3 is 0 Å². The van der Waals surface area contributed by atoms with Crippen molar-refractivity contribution in [2.24, 2.45) is 0 Å². The third-order valence-electron chi connectivity index (χ3n) is 1.88. The second-order valence-corrected chi connectivity index (χ2v) is 3.06. The lowest BCUT2D eigenvalue weighted by Gasteiger charge is -2.02. The highest BCUT2D eigenvalue weighted by molar-refractivity contribution is 5.21. The maximum absolute atomic E-state index is 4.07. The average Bonchev–Trinajstić information content (AvgIpc) is 2.19. The summed E-state index contributed by atoms with van der Waals surface area (Å²) in [6, 6.07) is 1.82. The summed E-state index contributed by atoms with van der Waals surface area (Å²) in [7, 11) is 0. The lowest BCUT2D eigenvalue weighted by Crippen LogP contribution is -2.04. The van der Waals surface area contributed by atoms with Crippen molar-refractivity contribution in [3.8, 4) is 0 Å². The molecule has 0 atom stereocenters. The molecule has 1 aromatic rings. The van der Waals surface area contributed by atoms with Crippen molar-refractivity contribution in [3.05, 3.63) is 18.5 Å². The molecule has 0 spiro atoms. The van der Waals surface area contributed by atoms with E-state index < -0.39 is 0 Å². The number of unbranched alkanes of at least 4 members (excludes halogenated alkanes) is 3. The first-order valence-electron chi connectivity index (χ1n) is 4.94. The van der Waals surface area contributed by atoms with Gasteiger partial charge in [0.05, 0.1) is 0 Å². The largest absolute Gasteiger partial charge is 0.354 e. The number of aromatic nitrogens is 2. The zero-order valence-electron chi connectivity index (χ0n) is 8.16. The Balaban J connectivity index is 2.07. The van der Waals surface area contributed by atoms with E-state index in [0.717, 1.165) is 12.5 Å².